The van der Waals surface area contributed by atoms with Crippen LogP contribution < -0.4 is 5.32 Å². The third-order valence-electron chi connectivity index (χ3n) is 4.41. The maximum atomic E-state index is 4.53. The zero-order chi connectivity index (χ0) is 14.2. The van der Waals surface area contributed by atoms with E-state index in [4.69, 9.17) is 0 Å². The van der Waals surface area contributed by atoms with Crippen molar-refractivity contribution < 1.29 is 0 Å². The first kappa shape index (κ1) is 13.8. The SMILES string of the molecule is CN(C)C1(CNc2nc(Br)cn3ccnc23)CCCC1. The predicted octanol–water partition coefficient (Wildman–Crippen LogP) is 2.78. The topological polar surface area (TPSA) is 45.5 Å². The van der Waals surface area contributed by atoms with Gasteiger partial charge in [-0.2, -0.15) is 0 Å². The van der Waals surface area contributed by atoms with Crippen molar-refractivity contribution in [1.29, 1.82) is 0 Å². The van der Waals surface area contributed by atoms with Crippen molar-refractivity contribution in [3.8, 4) is 0 Å². The maximum Gasteiger partial charge on any atom is 0.180 e. The Morgan fingerprint density at radius 3 is 2.85 bits per heavy atom. The smallest absolute Gasteiger partial charge is 0.180 e. The summed E-state index contributed by atoms with van der Waals surface area (Å²) >= 11 is 3.45. The van der Waals surface area contributed by atoms with E-state index in [2.05, 4.69) is 50.2 Å². The summed E-state index contributed by atoms with van der Waals surface area (Å²) < 4.78 is 2.80. The molecule has 2 aromatic rings. The lowest BCUT2D eigenvalue weighted by Crippen LogP contribution is -2.47. The molecule has 1 aliphatic carbocycles. The van der Waals surface area contributed by atoms with Gasteiger partial charge in [-0.1, -0.05) is 12.8 Å². The lowest BCUT2D eigenvalue weighted by atomic mass is 9.96. The highest BCUT2D eigenvalue weighted by atomic mass is 79.9. The Hall–Kier alpha value is -1.14. The van der Waals surface area contributed by atoms with Crippen LogP contribution in [0, 0.1) is 0 Å². The van der Waals surface area contributed by atoms with Crippen LogP contribution >= 0.6 is 15.9 Å². The highest BCUT2D eigenvalue weighted by Crippen LogP contribution is 2.34. The molecular formula is C14H20BrN5. The Labute approximate surface area is 127 Å². The van der Waals surface area contributed by atoms with E-state index >= 15 is 0 Å². The summed E-state index contributed by atoms with van der Waals surface area (Å²) in [5, 5.41) is 3.51. The molecule has 0 radical (unpaired) electrons. The summed E-state index contributed by atoms with van der Waals surface area (Å²) in [5.41, 5.74) is 1.12. The van der Waals surface area contributed by atoms with Crippen LogP contribution in [0.1, 0.15) is 25.7 Å². The van der Waals surface area contributed by atoms with Crippen molar-refractivity contribution in [2.45, 2.75) is 31.2 Å². The molecule has 0 amide bonds. The second kappa shape index (κ2) is 5.33. The van der Waals surface area contributed by atoms with Crippen LogP contribution in [0.15, 0.2) is 23.2 Å². The summed E-state index contributed by atoms with van der Waals surface area (Å²) in [6.45, 7) is 0.909. The van der Waals surface area contributed by atoms with Crippen molar-refractivity contribution in [1.82, 2.24) is 19.3 Å². The number of halogens is 1. The molecule has 1 N–H and O–H groups in total. The maximum absolute atomic E-state index is 4.53. The molecule has 0 spiro atoms. The van der Waals surface area contributed by atoms with E-state index in [1.54, 1.807) is 6.20 Å². The molecule has 1 saturated carbocycles. The number of anilines is 1. The van der Waals surface area contributed by atoms with Crippen LogP contribution in [-0.2, 0) is 0 Å². The Kier molecular flexibility index (Phi) is 3.69. The van der Waals surface area contributed by atoms with Crippen molar-refractivity contribution in [2.24, 2.45) is 0 Å². The van der Waals surface area contributed by atoms with Crippen molar-refractivity contribution in [3.63, 3.8) is 0 Å². The van der Waals surface area contributed by atoms with Crippen molar-refractivity contribution in [3.05, 3.63) is 23.2 Å². The first-order valence-electron chi connectivity index (χ1n) is 7.01. The summed E-state index contributed by atoms with van der Waals surface area (Å²) in [7, 11) is 4.35. The van der Waals surface area contributed by atoms with Gasteiger partial charge in [-0.3, -0.25) is 0 Å². The molecule has 6 heteroatoms. The standard InChI is InChI=1S/C14H20BrN5/c1-19(2)14(5-3-4-6-14)10-17-12-13-16-7-8-20(13)9-11(15)18-12/h7-9H,3-6,10H2,1-2H3,(H,17,18). The third kappa shape index (κ3) is 2.42. The molecule has 0 atom stereocenters. The van der Waals surface area contributed by atoms with Crippen molar-refractivity contribution in [2.75, 3.05) is 26.0 Å². The van der Waals surface area contributed by atoms with Gasteiger partial charge in [0.2, 0.25) is 0 Å². The molecular weight excluding hydrogens is 318 g/mol. The Morgan fingerprint density at radius 2 is 2.15 bits per heavy atom. The Morgan fingerprint density at radius 1 is 1.40 bits per heavy atom. The third-order valence-corrected chi connectivity index (χ3v) is 4.79. The molecule has 1 aliphatic rings. The number of hydrogen-bond donors (Lipinski definition) is 1. The minimum Gasteiger partial charge on any atom is -0.365 e. The first-order valence-corrected chi connectivity index (χ1v) is 7.81. The first-order chi connectivity index (χ1) is 9.61. The fourth-order valence-corrected chi connectivity index (χ4v) is 3.48. The van der Waals surface area contributed by atoms with Crippen LogP contribution in [-0.4, -0.2) is 45.4 Å². The van der Waals surface area contributed by atoms with E-state index in [9.17, 15) is 0 Å². The van der Waals surface area contributed by atoms with Gasteiger partial charge in [-0.05, 0) is 42.9 Å². The van der Waals surface area contributed by atoms with Gasteiger partial charge in [0.05, 0.1) is 0 Å². The number of likely N-dealkylation sites (N-methyl/N-ethyl adjacent to an activating group) is 1. The summed E-state index contributed by atoms with van der Waals surface area (Å²) in [6, 6.07) is 0. The number of rotatable bonds is 4. The zero-order valence-electron chi connectivity index (χ0n) is 11.9. The van der Waals surface area contributed by atoms with Crippen LogP contribution in [0.5, 0.6) is 0 Å². The Bertz CT molecular complexity index is 601. The molecule has 0 aliphatic heterocycles. The fraction of sp³-hybridized carbons (Fsp3) is 0.571. The van der Waals surface area contributed by atoms with Crippen LogP contribution in [0.2, 0.25) is 0 Å². The van der Waals surface area contributed by atoms with Crippen LogP contribution in [0.3, 0.4) is 0 Å². The van der Waals surface area contributed by atoms with Gasteiger partial charge in [0.1, 0.15) is 4.60 Å². The number of imidazole rings is 1. The van der Waals surface area contributed by atoms with Gasteiger partial charge in [-0.25, -0.2) is 9.97 Å². The second-order valence-electron chi connectivity index (χ2n) is 5.75. The molecule has 0 bridgehead atoms. The number of nitrogens with one attached hydrogen (secondary N) is 1. The summed E-state index contributed by atoms with van der Waals surface area (Å²) in [5.74, 6) is 0.845. The lowest BCUT2D eigenvalue weighted by Gasteiger charge is -2.36. The highest BCUT2D eigenvalue weighted by Gasteiger charge is 2.35. The van der Waals surface area contributed by atoms with E-state index in [0.29, 0.717) is 0 Å². The number of aromatic nitrogens is 3. The van der Waals surface area contributed by atoms with Gasteiger partial charge >= 0.3 is 0 Å². The fourth-order valence-electron chi connectivity index (χ4n) is 3.08. The van der Waals surface area contributed by atoms with Gasteiger partial charge < -0.3 is 14.6 Å². The second-order valence-corrected chi connectivity index (χ2v) is 6.56. The lowest BCUT2D eigenvalue weighted by molar-refractivity contribution is 0.172. The van der Waals surface area contributed by atoms with Gasteiger partial charge in [-0.15, -0.1) is 0 Å². The molecule has 0 unspecified atom stereocenters. The van der Waals surface area contributed by atoms with Gasteiger partial charge in [0.25, 0.3) is 0 Å². The highest BCUT2D eigenvalue weighted by molar-refractivity contribution is 9.10. The largest absolute Gasteiger partial charge is 0.365 e. The summed E-state index contributed by atoms with van der Waals surface area (Å²) in [4.78, 5) is 11.3. The average Bonchev–Trinajstić information content (AvgIpc) is 3.04. The van der Waals surface area contributed by atoms with Crippen LogP contribution in [0.4, 0.5) is 5.82 Å². The minimum atomic E-state index is 0.244. The number of fused-ring (bicyclic) bond motifs is 1. The van der Waals surface area contributed by atoms with E-state index in [1.165, 1.54) is 25.7 Å². The van der Waals surface area contributed by atoms with E-state index in [-0.39, 0.29) is 5.54 Å². The molecule has 1 fully saturated rings. The average molecular weight is 338 g/mol. The monoisotopic (exact) mass is 337 g/mol. The molecule has 20 heavy (non-hydrogen) atoms. The van der Waals surface area contributed by atoms with Gasteiger partial charge in [0.15, 0.2) is 11.5 Å². The van der Waals surface area contributed by atoms with Gasteiger partial charge in [0, 0.05) is 30.7 Å². The molecule has 2 heterocycles. The minimum absolute atomic E-state index is 0.244. The molecule has 108 valence electrons. The van der Waals surface area contributed by atoms with E-state index < -0.39 is 0 Å². The van der Waals surface area contributed by atoms with Crippen LogP contribution in [0.25, 0.3) is 5.65 Å². The zero-order valence-corrected chi connectivity index (χ0v) is 13.5. The summed E-state index contributed by atoms with van der Waals surface area (Å²) in [6.07, 6.45) is 10.8. The normalized spacial score (nSPS) is 18.0. The molecule has 0 aromatic carbocycles. The predicted molar refractivity (Wildman–Crippen MR) is 84.1 cm³/mol. The molecule has 5 nitrogen and oxygen atoms in total. The molecule has 3 rings (SSSR count). The molecule has 2 aromatic heterocycles. The number of hydrogen-bond acceptors (Lipinski definition) is 4. The van der Waals surface area contributed by atoms with E-state index in [0.717, 1.165) is 22.6 Å². The Balaban J connectivity index is 1.84. The van der Waals surface area contributed by atoms with Crippen molar-refractivity contribution >= 4 is 27.4 Å². The quantitative estimate of drug-likeness (QED) is 0.931. The number of nitrogens with zero attached hydrogens (tertiary/aromatic N) is 4. The molecule has 0 saturated heterocycles. The van der Waals surface area contributed by atoms with E-state index in [1.807, 2.05) is 16.8 Å².